The molecule has 17 nitrogen and oxygen atoms in total. The Morgan fingerprint density at radius 3 is 2.27 bits per heavy atom. The van der Waals surface area contributed by atoms with Crippen LogP contribution in [0.15, 0.2) is 18.2 Å². The number of hydrogen-bond donors (Lipinski definition) is 8. The maximum atomic E-state index is 12.2. The van der Waals surface area contributed by atoms with Crippen molar-refractivity contribution in [2.24, 2.45) is 0 Å². The average Bonchev–Trinajstić information content (AvgIpc) is 3.26. The molecular weight excluding hydrogens is 608 g/mol. The fraction of sp³-hybridized carbons (Fsp3) is 0.643. The van der Waals surface area contributed by atoms with Gasteiger partial charge in [-0.15, -0.1) is 0 Å². The molecular formula is C28H40O17. The third-order valence-corrected chi connectivity index (χ3v) is 7.09. The first-order valence-electron chi connectivity index (χ1n) is 13.8. The van der Waals surface area contributed by atoms with Gasteiger partial charge in [-0.1, -0.05) is 12.2 Å². The summed E-state index contributed by atoms with van der Waals surface area (Å²) in [4.78, 5) is 23.1. The van der Waals surface area contributed by atoms with E-state index in [-0.39, 0.29) is 23.9 Å². The van der Waals surface area contributed by atoms with Crippen LogP contribution in [0.3, 0.4) is 0 Å². The van der Waals surface area contributed by atoms with E-state index in [2.05, 4.69) is 0 Å². The predicted molar refractivity (Wildman–Crippen MR) is 148 cm³/mol. The predicted octanol–water partition coefficient (Wildman–Crippen LogP) is -2.48. The van der Waals surface area contributed by atoms with Crippen molar-refractivity contribution >= 4 is 18.0 Å². The molecule has 2 heterocycles. The maximum absolute atomic E-state index is 12.2. The average molecular weight is 649 g/mol. The highest BCUT2D eigenvalue weighted by molar-refractivity contribution is 5.73. The molecule has 1 unspecified atom stereocenters. The monoisotopic (exact) mass is 648 g/mol. The lowest BCUT2D eigenvalue weighted by Crippen LogP contribution is -2.62. The van der Waals surface area contributed by atoms with Crippen LogP contribution >= 0.6 is 0 Å². The Bertz CT molecular complexity index is 1160. The van der Waals surface area contributed by atoms with Gasteiger partial charge in [-0.2, -0.15) is 0 Å². The Balaban J connectivity index is 1.79. The number of rotatable bonds is 15. The van der Waals surface area contributed by atoms with Crippen LogP contribution in [0.2, 0.25) is 0 Å². The lowest BCUT2D eigenvalue weighted by molar-refractivity contribution is -0.319. The van der Waals surface area contributed by atoms with E-state index in [1.54, 1.807) is 18.2 Å². The van der Waals surface area contributed by atoms with Gasteiger partial charge < -0.3 is 74.0 Å². The zero-order valence-electron chi connectivity index (χ0n) is 24.8. The zero-order valence-corrected chi connectivity index (χ0v) is 24.8. The number of carboxylic acids is 1. The van der Waals surface area contributed by atoms with Crippen molar-refractivity contribution in [2.45, 2.75) is 74.1 Å². The van der Waals surface area contributed by atoms with Crippen molar-refractivity contribution in [1.29, 1.82) is 0 Å². The summed E-state index contributed by atoms with van der Waals surface area (Å²) in [5.41, 5.74) is -3.59. The Labute approximate surface area is 257 Å². The van der Waals surface area contributed by atoms with Gasteiger partial charge in [0.2, 0.25) is 12.0 Å². The zero-order chi connectivity index (χ0) is 33.5. The minimum Gasteiger partial charge on any atom is -0.493 e. The van der Waals surface area contributed by atoms with E-state index >= 15 is 0 Å². The summed E-state index contributed by atoms with van der Waals surface area (Å²) in [6.07, 6.45) is -10.0. The lowest BCUT2D eigenvalue weighted by Gasteiger charge is -2.42. The highest BCUT2D eigenvalue weighted by Crippen LogP contribution is 2.41. The van der Waals surface area contributed by atoms with Gasteiger partial charge in [-0.25, -0.2) is 0 Å². The molecule has 2 fully saturated rings. The van der Waals surface area contributed by atoms with E-state index in [0.29, 0.717) is 5.56 Å². The molecule has 1 aromatic rings. The first kappa shape index (κ1) is 36.4. The van der Waals surface area contributed by atoms with Crippen molar-refractivity contribution in [1.82, 2.24) is 0 Å². The van der Waals surface area contributed by atoms with Crippen molar-refractivity contribution < 1.29 is 83.6 Å². The summed E-state index contributed by atoms with van der Waals surface area (Å²) in [6, 6.07) is 3.09. The topological polar surface area (TPSA) is 261 Å². The van der Waals surface area contributed by atoms with Gasteiger partial charge in [0.05, 0.1) is 52.5 Å². The molecule has 2 aliphatic heterocycles. The van der Waals surface area contributed by atoms with Crippen LogP contribution in [0.4, 0.5) is 0 Å². The van der Waals surface area contributed by atoms with Crippen LogP contribution in [-0.4, -0.2) is 148 Å². The molecule has 0 radical (unpaired) electrons. The normalized spacial score (nSPS) is 31.4. The summed E-state index contributed by atoms with van der Waals surface area (Å²) in [7, 11) is 2.69. The van der Waals surface area contributed by atoms with Gasteiger partial charge >= 0.3 is 11.9 Å². The van der Waals surface area contributed by atoms with E-state index in [9.17, 15) is 40.2 Å². The van der Waals surface area contributed by atoms with Gasteiger partial charge in [0, 0.05) is 0 Å². The highest BCUT2D eigenvalue weighted by atomic mass is 16.8. The molecule has 0 bridgehead atoms. The molecule has 254 valence electrons. The number of carboxylic acid groups (broad SMARTS) is 1. The largest absolute Gasteiger partial charge is 0.493 e. The fourth-order valence-electron chi connectivity index (χ4n) is 4.72. The van der Waals surface area contributed by atoms with Crippen molar-refractivity contribution in [2.75, 3.05) is 40.6 Å². The third kappa shape index (κ3) is 9.01. The summed E-state index contributed by atoms with van der Waals surface area (Å²) in [6.45, 7) is -1.28. The second kappa shape index (κ2) is 15.5. The first-order chi connectivity index (χ1) is 21.2. The second-order valence-corrected chi connectivity index (χ2v) is 10.9. The van der Waals surface area contributed by atoms with Gasteiger partial charge in [-0.05, 0) is 24.6 Å². The number of hydrogen-bond acceptors (Lipinski definition) is 16. The van der Waals surface area contributed by atoms with Gasteiger partial charge in [0.1, 0.15) is 31.0 Å². The van der Waals surface area contributed by atoms with E-state index < -0.39 is 98.9 Å². The van der Waals surface area contributed by atoms with Crippen LogP contribution < -0.4 is 14.2 Å². The minimum absolute atomic E-state index is 0.0323. The summed E-state index contributed by atoms with van der Waals surface area (Å²) in [5, 5.41) is 81.0. The number of benzene rings is 1. The number of aliphatic hydroxyl groups excluding tert-OH is 5. The molecule has 0 aromatic heterocycles. The lowest BCUT2D eigenvalue weighted by atomic mass is 9.97. The minimum atomic E-state index is -2.23. The number of ether oxygens (including phenoxy) is 7. The maximum Gasteiger partial charge on any atom is 0.308 e. The quantitative estimate of drug-likeness (QED) is 0.0915. The number of carbonyl (C=O) groups is 2. The number of esters is 1. The molecule has 8 N–H and O–H groups in total. The number of aliphatic carboxylic acids is 1. The summed E-state index contributed by atoms with van der Waals surface area (Å²) >= 11 is 0. The summed E-state index contributed by atoms with van der Waals surface area (Å²) < 4.78 is 38.6. The molecule has 2 aliphatic rings. The standard InChI is InChI=1S/C28H40O17/c1-27(37,9-18(31)32)10-19(33)41-12-28(38)13-42-26(24(28)36)45-23-21(35)20(34)17(11-30)43-25(23)44-22-15(39-2)7-14(5-4-6-29)8-16(22)40-3/h4-5,7-8,17,20-21,23-26,29-30,34-38H,6,9-13H2,1-3H3,(H,31,32)/b5-4+/t17-,20-,21+,23-,24+,25+,26+,27?,28-/m1/s1. The first-order valence-corrected chi connectivity index (χ1v) is 13.8. The molecule has 17 heteroatoms. The molecule has 0 saturated carbocycles. The van der Waals surface area contributed by atoms with Crippen LogP contribution in [-0.2, 0) is 28.5 Å². The molecule has 0 spiro atoms. The highest BCUT2D eigenvalue weighted by Gasteiger charge is 2.54. The van der Waals surface area contributed by atoms with E-state index in [1.165, 1.54) is 20.3 Å². The van der Waals surface area contributed by atoms with Crippen LogP contribution in [0.1, 0.15) is 25.3 Å². The number of methoxy groups -OCH3 is 2. The van der Waals surface area contributed by atoms with Crippen LogP contribution in [0.25, 0.3) is 6.08 Å². The van der Waals surface area contributed by atoms with Gasteiger partial charge in [0.25, 0.3) is 0 Å². The van der Waals surface area contributed by atoms with Crippen molar-refractivity contribution in [3.8, 4) is 17.2 Å². The molecule has 0 amide bonds. The Hall–Kier alpha value is -3.10. The molecule has 2 saturated heterocycles. The number of aliphatic hydroxyl groups is 7. The van der Waals surface area contributed by atoms with E-state index in [4.69, 9.17) is 43.4 Å². The molecule has 0 aliphatic carbocycles. The summed E-state index contributed by atoms with van der Waals surface area (Å²) in [5.74, 6) is -2.18. The van der Waals surface area contributed by atoms with E-state index in [1.807, 2.05) is 0 Å². The Kier molecular flexibility index (Phi) is 12.5. The molecule has 1 aromatic carbocycles. The SMILES string of the molecule is COc1cc(/C=C/CO)cc(OC)c1O[C@@H]1O[C@H](CO)[C@@H](O)[C@H](O)[C@H]1O[C@@H]1OC[C@](O)(COC(=O)CC(C)(O)CC(=O)O)[C@H]1O. The molecule has 9 atom stereocenters. The number of carbonyl (C=O) groups excluding carboxylic acids is 1. The Morgan fingerprint density at radius 1 is 1.07 bits per heavy atom. The fourth-order valence-corrected chi connectivity index (χ4v) is 4.72. The smallest absolute Gasteiger partial charge is 0.308 e. The van der Waals surface area contributed by atoms with Gasteiger partial charge in [0.15, 0.2) is 29.5 Å². The second-order valence-electron chi connectivity index (χ2n) is 10.9. The molecule has 45 heavy (non-hydrogen) atoms. The molecule has 3 rings (SSSR count). The van der Waals surface area contributed by atoms with Crippen molar-refractivity contribution in [3.05, 3.63) is 23.8 Å². The van der Waals surface area contributed by atoms with Crippen LogP contribution in [0, 0.1) is 0 Å². The van der Waals surface area contributed by atoms with Gasteiger partial charge in [-0.3, -0.25) is 9.59 Å². The Morgan fingerprint density at radius 2 is 1.71 bits per heavy atom. The van der Waals surface area contributed by atoms with Crippen LogP contribution in [0.5, 0.6) is 17.2 Å². The van der Waals surface area contributed by atoms with Crippen molar-refractivity contribution in [3.63, 3.8) is 0 Å². The third-order valence-electron chi connectivity index (χ3n) is 7.09. The van der Waals surface area contributed by atoms with E-state index in [0.717, 1.165) is 6.92 Å².